The Balaban J connectivity index is 2.75. The Hall–Kier alpha value is -0.490. The molecule has 0 aliphatic heterocycles. The van der Waals surface area contributed by atoms with Crippen molar-refractivity contribution < 1.29 is 8.42 Å². The van der Waals surface area contributed by atoms with Crippen LogP contribution in [0.25, 0.3) is 0 Å². The van der Waals surface area contributed by atoms with Gasteiger partial charge >= 0.3 is 0 Å². The number of aromatic nitrogens is 2. The van der Waals surface area contributed by atoms with Crippen LogP contribution in [0.4, 0.5) is 0 Å². The molecule has 0 aromatic carbocycles. The Kier molecular flexibility index (Phi) is 2.00. The molecule has 0 aliphatic carbocycles. The second-order valence-electron chi connectivity index (χ2n) is 1.78. The smallest absolute Gasteiger partial charge is 0.157 e. The topological polar surface area (TPSA) is 59.9 Å². The van der Waals surface area contributed by atoms with E-state index in [1.54, 1.807) is 5.38 Å². The first-order chi connectivity index (χ1) is 4.58. The Morgan fingerprint density at radius 1 is 1.70 bits per heavy atom. The fourth-order valence-corrected chi connectivity index (χ4v) is 1.62. The highest BCUT2D eigenvalue weighted by Gasteiger charge is 2.05. The highest BCUT2D eigenvalue weighted by atomic mass is 32.2. The van der Waals surface area contributed by atoms with Crippen molar-refractivity contribution in [1.82, 2.24) is 9.59 Å². The van der Waals surface area contributed by atoms with Crippen LogP contribution in [0, 0.1) is 6.26 Å². The van der Waals surface area contributed by atoms with E-state index in [4.69, 9.17) is 0 Å². The molecule has 0 saturated carbocycles. The van der Waals surface area contributed by atoms with Gasteiger partial charge in [-0.1, -0.05) is 4.49 Å². The van der Waals surface area contributed by atoms with Crippen molar-refractivity contribution >= 4 is 21.4 Å². The van der Waals surface area contributed by atoms with Gasteiger partial charge in [-0.15, -0.1) is 5.10 Å². The van der Waals surface area contributed by atoms with Crippen LogP contribution in [0.2, 0.25) is 0 Å². The molecule has 0 spiro atoms. The van der Waals surface area contributed by atoms with E-state index in [2.05, 4.69) is 15.8 Å². The molecule has 0 fully saturated rings. The van der Waals surface area contributed by atoms with Gasteiger partial charge in [-0.3, -0.25) is 0 Å². The largest absolute Gasteiger partial charge is 0.228 e. The predicted molar refractivity (Wildman–Crippen MR) is 37.9 cm³/mol. The second-order valence-corrected chi connectivity index (χ2v) is 4.17. The van der Waals surface area contributed by atoms with Gasteiger partial charge in [0.05, 0.1) is 17.7 Å². The summed E-state index contributed by atoms with van der Waals surface area (Å²) in [5.74, 6) is -0.122. The van der Waals surface area contributed by atoms with Crippen molar-refractivity contribution in [3.8, 4) is 0 Å². The average molecular weight is 177 g/mol. The van der Waals surface area contributed by atoms with Crippen LogP contribution in [0.1, 0.15) is 5.69 Å². The minimum Gasteiger partial charge on any atom is -0.228 e. The molecule has 0 bridgehead atoms. The third-order valence-electron chi connectivity index (χ3n) is 0.773. The molecule has 0 saturated heterocycles. The predicted octanol–water partition coefficient (Wildman–Crippen LogP) is 0.244. The second kappa shape index (κ2) is 2.63. The quantitative estimate of drug-likeness (QED) is 0.649. The summed E-state index contributed by atoms with van der Waals surface area (Å²) < 4.78 is 24.6. The van der Waals surface area contributed by atoms with Crippen LogP contribution >= 0.6 is 11.5 Å². The van der Waals surface area contributed by atoms with Crippen LogP contribution in [0.15, 0.2) is 5.38 Å². The Bertz CT molecular complexity index is 289. The van der Waals surface area contributed by atoms with Gasteiger partial charge in [-0.25, -0.2) is 8.42 Å². The zero-order chi connectivity index (χ0) is 7.61. The van der Waals surface area contributed by atoms with Gasteiger partial charge in [-0.2, -0.15) is 0 Å². The number of rotatable bonds is 2. The molecule has 55 valence electrons. The van der Waals surface area contributed by atoms with E-state index >= 15 is 0 Å². The Labute approximate surface area is 63.0 Å². The Morgan fingerprint density at radius 2 is 2.40 bits per heavy atom. The molecule has 0 aliphatic rings. The summed E-state index contributed by atoms with van der Waals surface area (Å²) in [6, 6.07) is 0. The minimum atomic E-state index is -3.19. The van der Waals surface area contributed by atoms with Crippen molar-refractivity contribution in [2.24, 2.45) is 0 Å². The molecular weight excluding hydrogens is 172 g/mol. The number of hydrogen-bond donors (Lipinski definition) is 0. The Morgan fingerprint density at radius 3 is 2.80 bits per heavy atom. The maximum absolute atomic E-state index is 10.5. The van der Waals surface area contributed by atoms with Gasteiger partial charge < -0.3 is 0 Å². The van der Waals surface area contributed by atoms with Gasteiger partial charge in [0.2, 0.25) is 0 Å². The molecule has 6 heteroatoms. The van der Waals surface area contributed by atoms with E-state index in [9.17, 15) is 8.42 Å². The minimum absolute atomic E-state index is 0.122. The van der Waals surface area contributed by atoms with Gasteiger partial charge in [0.1, 0.15) is 0 Å². The fourth-order valence-electron chi connectivity index (χ4n) is 0.472. The van der Waals surface area contributed by atoms with Crippen molar-refractivity contribution in [1.29, 1.82) is 0 Å². The molecule has 0 N–H and O–H groups in total. The van der Waals surface area contributed by atoms with Crippen LogP contribution in [0.3, 0.4) is 0 Å². The van der Waals surface area contributed by atoms with Gasteiger partial charge in [0.25, 0.3) is 0 Å². The van der Waals surface area contributed by atoms with Crippen LogP contribution in [-0.2, 0) is 15.6 Å². The first-order valence-electron chi connectivity index (χ1n) is 2.39. The van der Waals surface area contributed by atoms with Gasteiger partial charge in [0, 0.05) is 5.38 Å². The third-order valence-corrected chi connectivity index (χ3v) is 2.06. The molecule has 10 heavy (non-hydrogen) atoms. The summed E-state index contributed by atoms with van der Waals surface area (Å²) in [6.07, 6.45) is 2.95. The zero-order valence-corrected chi connectivity index (χ0v) is 6.65. The SMILES string of the molecule is [CH2]S(=O)(=O)Cc1csnn1. The molecule has 0 unspecified atom stereocenters. The molecule has 4 nitrogen and oxygen atoms in total. The summed E-state index contributed by atoms with van der Waals surface area (Å²) in [7, 11) is -3.19. The maximum atomic E-state index is 10.5. The summed E-state index contributed by atoms with van der Waals surface area (Å²) in [6.45, 7) is 0. The maximum Gasteiger partial charge on any atom is 0.157 e. The van der Waals surface area contributed by atoms with Crippen molar-refractivity contribution in [3.63, 3.8) is 0 Å². The normalized spacial score (nSPS) is 11.7. The highest BCUT2D eigenvalue weighted by molar-refractivity contribution is 7.91. The van der Waals surface area contributed by atoms with Crippen LogP contribution < -0.4 is 0 Å². The first-order valence-corrected chi connectivity index (χ1v) is 5.05. The molecule has 0 atom stereocenters. The van der Waals surface area contributed by atoms with Crippen LogP contribution in [-0.4, -0.2) is 18.0 Å². The monoisotopic (exact) mass is 177 g/mol. The van der Waals surface area contributed by atoms with Crippen LogP contribution in [0.5, 0.6) is 0 Å². The number of sulfone groups is 1. The zero-order valence-electron chi connectivity index (χ0n) is 5.02. The third kappa shape index (κ3) is 2.40. The molecule has 1 aromatic rings. The number of nitrogens with zero attached hydrogens (tertiary/aromatic N) is 2. The van der Waals surface area contributed by atoms with E-state index in [0.717, 1.165) is 11.5 Å². The lowest BCUT2D eigenvalue weighted by atomic mass is 10.6. The lowest BCUT2D eigenvalue weighted by molar-refractivity contribution is 0.603. The van der Waals surface area contributed by atoms with Crippen molar-refractivity contribution in [3.05, 3.63) is 17.3 Å². The summed E-state index contributed by atoms with van der Waals surface area (Å²) in [5.41, 5.74) is 0.458. The standard InChI is InChI=1S/C4H5N2O2S2/c1-10(7,8)3-4-2-9-6-5-4/h2H,1,3H2. The van der Waals surface area contributed by atoms with Crippen molar-refractivity contribution in [2.45, 2.75) is 5.75 Å². The molecule has 1 aromatic heterocycles. The first kappa shape index (κ1) is 7.62. The lowest BCUT2D eigenvalue weighted by Crippen LogP contribution is -1.98. The molecule has 1 rings (SSSR count). The van der Waals surface area contributed by atoms with Gasteiger partial charge in [0.15, 0.2) is 9.84 Å². The van der Waals surface area contributed by atoms with E-state index in [1.165, 1.54) is 0 Å². The summed E-state index contributed by atoms with van der Waals surface area (Å²) in [4.78, 5) is 0. The summed E-state index contributed by atoms with van der Waals surface area (Å²) >= 11 is 1.13. The molecule has 1 heterocycles. The van der Waals surface area contributed by atoms with E-state index in [-0.39, 0.29) is 5.75 Å². The molecule has 0 amide bonds. The highest BCUT2D eigenvalue weighted by Crippen LogP contribution is 2.02. The lowest BCUT2D eigenvalue weighted by Gasteiger charge is -1.88. The average Bonchev–Trinajstić information content (AvgIpc) is 2.12. The van der Waals surface area contributed by atoms with E-state index in [1.807, 2.05) is 0 Å². The van der Waals surface area contributed by atoms with Crippen molar-refractivity contribution in [2.75, 3.05) is 0 Å². The van der Waals surface area contributed by atoms with E-state index < -0.39 is 9.84 Å². The number of hydrogen-bond acceptors (Lipinski definition) is 5. The fraction of sp³-hybridized carbons (Fsp3) is 0.250. The molecular formula is C4H5N2O2S2. The summed E-state index contributed by atoms with van der Waals surface area (Å²) in [5, 5.41) is 5.14. The van der Waals surface area contributed by atoms with E-state index in [0.29, 0.717) is 5.69 Å². The van der Waals surface area contributed by atoms with Gasteiger partial charge in [-0.05, 0) is 11.5 Å². The molecule has 1 radical (unpaired) electrons.